The van der Waals surface area contributed by atoms with Crippen molar-refractivity contribution in [3.63, 3.8) is 0 Å². The van der Waals surface area contributed by atoms with Gasteiger partial charge in [-0.25, -0.2) is 0 Å². The molecule has 19 heavy (non-hydrogen) atoms. The van der Waals surface area contributed by atoms with Crippen LogP contribution in [0.3, 0.4) is 0 Å². The Morgan fingerprint density at radius 3 is 1.84 bits per heavy atom. The zero-order valence-corrected chi connectivity index (χ0v) is 12.2. The van der Waals surface area contributed by atoms with Gasteiger partial charge in [-0.15, -0.1) is 0 Å². The van der Waals surface area contributed by atoms with Gasteiger partial charge in [0, 0.05) is 5.92 Å². The van der Waals surface area contributed by atoms with Gasteiger partial charge in [-0.3, -0.25) is 0 Å². The number of hydrogen-bond donors (Lipinski definition) is 0. The molecule has 1 nitrogen and oxygen atoms in total. The van der Waals surface area contributed by atoms with Crippen molar-refractivity contribution in [3.8, 4) is 5.75 Å². The summed E-state index contributed by atoms with van der Waals surface area (Å²) in [7, 11) is 0. The smallest absolute Gasteiger partial charge is 0.120 e. The van der Waals surface area contributed by atoms with Crippen LogP contribution in [0.15, 0.2) is 54.6 Å². The molecule has 0 aliphatic rings. The Morgan fingerprint density at radius 1 is 0.789 bits per heavy atom. The lowest BCUT2D eigenvalue weighted by molar-refractivity contribution is 0.131. The van der Waals surface area contributed by atoms with E-state index in [1.54, 1.807) is 0 Å². The van der Waals surface area contributed by atoms with E-state index in [1.807, 2.05) is 0 Å². The molecular weight excluding hydrogens is 232 g/mol. The first kappa shape index (κ1) is 13.7. The van der Waals surface area contributed by atoms with E-state index in [9.17, 15) is 0 Å². The molecule has 0 fully saturated rings. The highest BCUT2D eigenvalue weighted by Gasteiger charge is 2.12. The van der Waals surface area contributed by atoms with E-state index in [4.69, 9.17) is 4.74 Å². The minimum atomic E-state index is -0.146. The summed E-state index contributed by atoms with van der Waals surface area (Å²) in [6.07, 6.45) is 0. The highest BCUT2D eigenvalue weighted by Crippen LogP contribution is 2.26. The van der Waals surface area contributed by atoms with Crippen molar-refractivity contribution in [3.05, 3.63) is 65.7 Å². The van der Waals surface area contributed by atoms with Gasteiger partial charge in [0.1, 0.15) is 11.4 Å². The van der Waals surface area contributed by atoms with Gasteiger partial charge >= 0.3 is 0 Å². The Bertz CT molecular complexity index is 506. The standard InChI is InChI=1S/C18H22O/c1-14(15-8-6-5-7-9-15)16-10-12-17(13-11-16)19-18(2,3)4/h5-14H,1-4H3. The molecule has 0 N–H and O–H groups in total. The molecule has 1 unspecified atom stereocenters. The van der Waals surface area contributed by atoms with Crippen molar-refractivity contribution < 1.29 is 4.74 Å². The van der Waals surface area contributed by atoms with Gasteiger partial charge in [-0.2, -0.15) is 0 Å². The SMILES string of the molecule is CC(c1ccccc1)c1ccc(OC(C)(C)C)cc1. The molecular formula is C18H22O. The third-order valence-corrected chi connectivity index (χ3v) is 3.10. The summed E-state index contributed by atoms with van der Waals surface area (Å²) in [5, 5.41) is 0. The van der Waals surface area contributed by atoms with Crippen LogP contribution in [-0.2, 0) is 0 Å². The molecule has 0 radical (unpaired) electrons. The van der Waals surface area contributed by atoms with Gasteiger partial charge in [0.2, 0.25) is 0 Å². The predicted octanol–water partition coefficient (Wildman–Crippen LogP) is 5.02. The van der Waals surface area contributed by atoms with Crippen LogP contribution in [0.1, 0.15) is 44.7 Å². The van der Waals surface area contributed by atoms with Gasteiger partial charge in [0.15, 0.2) is 0 Å². The van der Waals surface area contributed by atoms with Gasteiger partial charge < -0.3 is 4.74 Å². The second-order valence-electron chi connectivity index (χ2n) is 5.92. The molecule has 2 aromatic carbocycles. The maximum absolute atomic E-state index is 5.84. The molecule has 0 aromatic heterocycles. The average molecular weight is 254 g/mol. The lowest BCUT2D eigenvalue weighted by Gasteiger charge is -2.21. The fourth-order valence-corrected chi connectivity index (χ4v) is 2.11. The van der Waals surface area contributed by atoms with E-state index in [-0.39, 0.29) is 5.60 Å². The lowest BCUT2D eigenvalue weighted by Crippen LogP contribution is -2.22. The van der Waals surface area contributed by atoms with Crippen LogP contribution in [0.2, 0.25) is 0 Å². The first-order valence-corrected chi connectivity index (χ1v) is 6.79. The van der Waals surface area contributed by atoms with Crippen molar-refractivity contribution in [1.82, 2.24) is 0 Å². The monoisotopic (exact) mass is 254 g/mol. The Morgan fingerprint density at radius 2 is 1.32 bits per heavy atom. The summed E-state index contributed by atoms with van der Waals surface area (Å²) >= 11 is 0. The average Bonchev–Trinajstić information content (AvgIpc) is 2.38. The zero-order chi connectivity index (χ0) is 13.9. The highest BCUT2D eigenvalue weighted by molar-refractivity contribution is 5.35. The van der Waals surface area contributed by atoms with Crippen LogP contribution >= 0.6 is 0 Å². The fourth-order valence-electron chi connectivity index (χ4n) is 2.11. The summed E-state index contributed by atoms with van der Waals surface area (Å²) in [6, 6.07) is 19.0. The minimum absolute atomic E-state index is 0.146. The van der Waals surface area contributed by atoms with Crippen LogP contribution in [0, 0.1) is 0 Å². The molecule has 0 heterocycles. The van der Waals surface area contributed by atoms with Crippen molar-refractivity contribution >= 4 is 0 Å². The molecule has 0 saturated carbocycles. The van der Waals surface area contributed by atoms with Crippen molar-refractivity contribution in [1.29, 1.82) is 0 Å². The maximum atomic E-state index is 5.84. The van der Waals surface area contributed by atoms with Gasteiger partial charge in [-0.05, 0) is 44.0 Å². The summed E-state index contributed by atoms with van der Waals surface area (Å²) < 4.78 is 5.84. The molecule has 0 aliphatic carbocycles. The van der Waals surface area contributed by atoms with Crippen LogP contribution in [-0.4, -0.2) is 5.60 Å². The number of rotatable bonds is 3. The predicted molar refractivity (Wildman–Crippen MR) is 80.8 cm³/mol. The van der Waals surface area contributed by atoms with Crippen LogP contribution < -0.4 is 4.74 Å². The molecule has 1 atom stereocenters. The fraction of sp³-hybridized carbons (Fsp3) is 0.333. The third kappa shape index (κ3) is 3.85. The molecule has 2 rings (SSSR count). The number of ether oxygens (including phenoxy) is 1. The van der Waals surface area contributed by atoms with Gasteiger partial charge in [-0.1, -0.05) is 49.4 Å². The lowest BCUT2D eigenvalue weighted by atomic mass is 9.93. The van der Waals surface area contributed by atoms with E-state index >= 15 is 0 Å². The largest absolute Gasteiger partial charge is 0.488 e. The molecule has 100 valence electrons. The van der Waals surface area contributed by atoms with Crippen LogP contribution in [0.25, 0.3) is 0 Å². The normalized spacial score (nSPS) is 13.1. The van der Waals surface area contributed by atoms with Crippen molar-refractivity contribution in [2.75, 3.05) is 0 Å². The first-order chi connectivity index (χ1) is 8.96. The Balaban J connectivity index is 2.15. The van der Waals surface area contributed by atoms with E-state index < -0.39 is 0 Å². The third-order valence-electron chi connectivity index (χ3n) is 3.10. The second kappa shape index (κ2) is 5.48. The van der Waals surface area contributed by atoms with E-state index in [0.29, 0.717) is 5.92 Å². The van der Waals surface area contributed by atoms with Gasteiger partial charge in [0.05, 0.1) is 0 Å². The molecule has 0 bridgehead atoms. The summed E-state index contributed by atoms with van der Waals surface area (Å²) in [5.74, 6) is 1.33. The maximum Gasteiger partial charge on any atom is 0.120 e. The molecule has 0 saturated heterocycles. The van der Waals surface area contributed by atoms with Crippen LogP contribution in [0.5, 0.6) is 5.75 Å². The summed E-state index contributed by atoms with van der Waals surface area (Å²) in [4.78, 5) is 0. The minimum Gasteiger partial charge on any atom is -0.488 e. The molecule has 2 aromatic rings. The first-order valence-electron chi connectivity index (χ1n) is 6.79. The van der Waals surface area contributed by atoms with Crippen molar-refractivity contribution in [2.45, 2.75) is 39.2 Å². The summed E-state index contributed by atoms with van der Waals surface area (Å²) in [5.41, 5.74) is 2.51. The van der Waals surface area contributed by atoms with E-state index in [2.05, 4.69) is 82.3 Å². The van der Waals surface area contributed by atoms with Gasteiger partial charge in [0.25, 0.3) is 0 Å². The van der Waals surface area contributed by atoms with Crippen molar-refractivity contribution in [2.24, 2.45) is 0 Å². The second-order valence-corrected chi connectivity index (χ2v) is 5.92. The Kier molecular flexibility index (Phi) is 3.94. The van der Waals surface area contributed by atoms with Crippen LogP contribution in [0.4, 0.5) is 0 Å². The topological polar surface area (TPSA) is 9.23 Å². The zero-order valence-electron chi connectivity index (χ0n) is 12.2. The quantitative estimate of drug-likeness (QED) is 0.747. The molecule has 0 amide bonds. The molecule has 0 aliphatic heterocycles. The Labute approximate surface area is 116 Å². The highest BCUT2D eigenvalue weighted by atomic mass is 16.5. The van der Waals surface area contributed by atoms with E-state index in [0.717, 1.165) is 5.75 Å². The van der Waals surface area contributed by atoms with E-state index in [1.165, 1.54) is 11.1 Å². The Hall–Kier alpha value is -1.76. The number of benzene rings is 2. The molecule has 0 spiro atoms. The number of hydrogen-bond acceptors (Lipinski definition) is 1. The summed E-state index contributed by atoms with van der Waals surface area (Å²) in [6.45, 7) is 8.42. The molecule has 1 heteroatoms.